The number of carboxylic acids is 1. The molecule has 18 heavy (non-hydrogen) atoms. The number of rotatable bonds is 1. The monoisotopic (exact) mass is 252 g/mol. The molecule has 2 heterocycles. The first kappa shape index (κ1) is 12.2. The van der Waals surface area contributed by atoms with E-state index in [4.69, 9.17) is 5.11 Å². The highest BCUT2D eigenvalue weighted by atomic mass is 16.5. The van der Waals surface area contributed by atoms with Gasteiger partial charge in [-0.3, -0.25) is 4.79 Å². The average Bonchev–Trinajstić information content (AvgIpc) is 2.36. The van der Waals surface area contributed by atoms with E-state index in [9.17, 15) is 14.4 Å². The summed E-state index contributed by atoms with van der Waals surface area (Å²) in [5.41, 5.74) is 0.363. The van der Waals surface area contributed by atoms with Crippen molar-refractivity contribution in [3.63, 3.8) is 0 Å². The molecule has 0 atom stereocenters. The fourth-order valence-electron chi connectivity index (χ4n) is 1.95. The molecule has 0 spiro atoms. The van der Waals surface area contributed by atoms with E-state index < -0.39 is 17.6 Å². The maximum Gasteiger partial charge on any atom is 0.409 e. The number of ether oxygens (including phenoxy) is 1. The summed E-state index contributed by atoms with van der Waals surface area (Å²) in [5.74, 6) is -1.28. The van der Waals surface area contributed by atoms with Crippen LogP contribution in [-0.2, 0) is 17.7 Å². The van der Waals surface area contributed by atoms with Crippen molar-refractivity contribution in [2.24, 2.45) is 0 Å². The van der Waals surface area contributed by atoms with Crippen LogP contribution >= 0.6 is 0 Å². The molecule has 0 radical (unpaired) electrons. The number of hydrogen-bond acceptors (Lipinski definition) is 4. The Balaban J connectivity index is 2.37. The zero-order valence-corrected chi connectivity index (χ0v) is 9.73. The lowest BCUT2D eigenvalue weighted by atomic mass is 10.0. The van der Waals surface area contributed by atoms with Crippen LogP contribution in [0.1, 0.15) is 21.6 Å². The summed E-state index contributed by atoms with van der Waals surface area (Å²) in [6.45, 7) is 0.668. The number of carbonyl (C=O) groups is 2. The van der Waals surface area contributed by atoms with E-state index in [1.165, 1.54) is 18.1 Å². The van der Waals surface area contributed by atoms with Gasteiger partial charge in [0.15, 0.2) is 0 Å². The molecule has 7 nitrogen and oxygen atoms in total. The Bertz CT molecular complexity index is 563. The van der Waals surface area contributed by atoms with Crippen molar-refractivity contribution >= 4 is 12.1 Å². The van der Waals surface area contributed by atoms with Crippen LogP contribution in [0, 0.1) is 0 Å². The van der Waals surface area contributed by atoms with Crippen molar-refractivity contribution in [2.45, 2.75) is 13.0 Å². The Morgan fingerprint density at radius 3 is 2.83 bits per heavy atom. The standard InChI is InChI=1S/C11H12N2O5/c1-18-11(17)13-3-2-8-6(5-13)4-7(10(15)16)9(14)12-8/h4H,2-3,5H2,1H3,(H,12,14)(H,15,16). The molecule has 2 N–H and O–H groups in total. The molecule has 0 aromatic carbocycles. The minimum absolute atomic E-state index is 0.235. The molecule has 0 saturated carbocycles. The van der Waals surface area contributed by atoms with Gasteiger partial charge in [0, 0.05) is 18.7 Å². The molecule has 1 aliphatic heterocycles. The summed E-state index contributed by atoms with van der Waals surface area (Å²) in [5, 5.41) is 8.86. The summed E-state index contributed by atoms with van der Waals surface area (Å²) >= 11 is 0. The lowest BCUT2D eigenvalue weighted by Crippen LogP contribution is -2.37. The highest BCUT2D eigenvalue weighted by Gasteiger charge is 2.23. The fraction of sp³-hybridized carbons (Fsp3) is 0.364. The van der Waals surface area contributed by atoms with E-state index >= 15 is 0 Å². The van der Waals surface area contributed by atoms with Crippen LogP contribution in [0.2, 0.25) is 0 Å². The van der Waals surface area contributed by atoms with Gasteiger partial charge < -0.3 is 19.7 Å². The number of pyridine rings is 1. The summed E-state index contributed by atoms with van der Waals surface area (Å²) in [6.07, 6.45) is 0.00302. The number of carboxylic acid groups (broad SMARTS) is 1. The topological polar surface area (TPSA) is 99.7 Å². The maximum absolute atomic E-state index is 11.5. The van der Waals surface area contributed by atoms with Gasteiger partial charge in [0.1, 0.15) is 5.56 Å². The Morgan fingerprint density at radius 2 is 2.22 bits per heavy atom. The van der Waals surface area contributed by atoms with Crippen molar-refractivity contribution in [1.29, 1.82) is 0 Å². The van der Waals surface area contributed by atoms with Gasteiger partial charge >= 0.3 is 12.1 Å². The van der Waals surface area contributed by atoms with Crippen LogP contribution in [0.5, 0.6) is 0 Å². The maximum atomic E-state index is 11.5. The predicted molar refractivity (Wildman–Crippen MR) is 60.5 cm³/mol. The van der Waals surface area contributed by atoms with E-state index in [2.05, 4.69) is 9.72 Å². The van der Waals surface area contributed by atoms with Crippen LogP contribution in [0.15, 0.2) is 10.9 Å². The highest BCUT2D eigenvalue weighted by molar-refractivity contribution is 5.87. The van der Waals surface area contributed by atoms with Crippen molar-refractivity contribution in [3.05, 3.63) is 33.2 Å². The number of methoxy groups -OCH3 is 1. The Morgan fingerprint density at radius 1 is 1.50 bits per heavy atom. The molecular weight excluding hydrogens is 240 g/mol. The van der Waals surface area contributed by atoms with Gasteiger partial charge in [-0.2, -0.15) is 0 Å². The number of nitrogens with one attached hydrogen (secondary N) is 1. The normalized spacial score (nSPS) is 13.9. The molecule has 1 amide bonds. The van der Waals surface area contributed by atoms with Gasteiger partial charge in [-0.25, -0.2) is 9.59 Å². The zero-order valence-electron chi connectivity index (χ0n) is 9.73. The third-order valence-corrected chi connectivity index (χ3v) is 2.87. The Labute approximate surface area is 102 Å². The fourth-order valence-corrected chi connectivity index (χ4v) is 1.95. The van der Waals surface area contributed by atoms with Gasteiger partial charge in [-0.1, -0.05) is 0 Å². The Hall–Kier alpha value is -2.31. The number of amides is 1. The molecule has 0 fully saturated rings. The smallest absolute Gasteiger partial charge is 0.409 e. The third kappa shape index (κ3) is 2.06. The summed E-state index contributed by atoms with van der Waals surface area (Å²) in [6, 6.07) is 1.31. The summed E-state index contributed by atoms with van der Waals surface area (Å²) < 4.78 is 4.60. The van der Waals surface area contributed by atoms with Crippen LogP contribution in [0.3, 0.4) is 0 Å². The zero-order chi connectivity index (χ0) is 13.3. The van der Waals surface area contributed by atoms with Crippen LogP contribution in [0.25, 0.3) is 0 Å². The minimum Gasteiger partial charge on any atom is -0.477 e. The van der Waals surface area contributed by atoms with Crippen LogP contribution in [-0.4, -0.2) is 40.7 Å². The molecule has 0 bridgehead atoms. The number of H-pyrrole nitrogens is 1. The summed E-state index contributed by atoms with van der Waals surface area (Å²) in [4.78, 5) is 37.7. The van der Waals surface area contributed by atoms with Crippen molar-refractivity contribution in [1.82, 2.24) is 9.88 Å². The number of aromatic carboxylic acids is 1. The lowest BCUT2D eigenvalue weighted by Gasteiger charge is -2.27. The number of aromatic amines is 1. The molecular formula is C11H12N2O5. The lowest BCUT2D eigenvalue weighted by molar-refractivity contribution is 0.0694. The van der Waals surface area contributed by atoms with Crippen LogP contribution in [0.4, 0.5) is 4.79 Å². The van der Waals surface area contributed by atoms with Gasteiger partial charge in [-0.15, -0.1) is 0 Å². The molecule has 0 unspecified atom stereocenters. The molecule has 1 aliphatic rings. The first-order chi connectivity index (χ1) is 8.52. The molecule has 2 rings (SSSR count). The second-order valence-corrected chi connectivity index (χ2v) is 3.96. The predicted octanol–water partition coefficient (Wildman–Crippen LogP) is 0.198. The van der Waals surface area contributed by atoms with Crippen molar-refractivity contribution in [2.75, 3.05) is 13.7 Å². The Kier molecular flexibility index (Phi) is 3.05. The number of fused-ring (bicyclic) bond motifs is 1. The second kappa shape index (κ2) is 4.52. The van der Waals surface area contributed by atoms with Crippen molar-refractivity contribution < 1.29 is 19.4 Å². The molecule has 1 aromatic heterocycles. The minimum atomic E-state index is -1.28. The number of carbonyl (C=O) groups excluding carboxylic acids is 1. The van der Waals surface area contributed by atoms with Gasteiger partial charge in [0.05, 0.1) is 13.7 Å². The molecule has 0 saturated heterocycles. The average molecular weight is 252 g/mol. The van der Waals surface area contributed by atoms with E-state index in [0.29, 0.717) is 24.2 Å². The van der Waals surface area contributed by atoms with Gasteiger partial charge in [0.25, 0.3) is 5.56 Å². The molecule has 96 valence electrons. The third-order valence-electron chi connectivity index (χ3n) is 2.87. The highest BCUT2D eigenvalue weighted by Crippen LogP contribution is 2.17. The SMILES string of the molecule is COC(=O)N1CCc2[nH]c(=O)c(C(=O)O)cc2C1. The number of nitrogens with zero attached hydrogens (tertiary/aromatic N) is 1. The molecule has 1 aromatic rings. The van der Waals surface area contributed by atoms with E-state index in [1.807, 2.05) is 0 Å². The first-order valence-corrected chi connectivity index (χ1v) is 5.34. The molecule has 0 aliphatic carbocycles. The number of aromatic nitrogens is 1. The van der Waals surface area contributed by atoms with E-state index in [1.54, 1.807) is 0 Å². The van der Waals surface area contributed by atoms with E-state index in [0.717, 1.165) is 0 Å². The van der Waals surface area contributed by atoms with Crippen molar-refractivity contribution in [3.8, 4) is 0 Å². The molecule has 7 heteroatoms. The number of hydrogen-bond donors (Lipinski definition) is 2. The second-order valence-electron chi connectivity index (χ2n) is 3.96. The van der Waals surface area contributed by atoms with Gasteiger partial charge in [-0.05, 0) is 11.6 Å². The van der Waals surface area contributed by atoms with Gasteiger partial charge in [0.2, 0.25) is 0 Å². The first-order valence-electron chi connectivity index (χ1n) is 5.34. The van der Waals surface area contributed by atoms with Crippen LogP contribution < -0.4 is 5.56 Å². The van der Waals surface area contributed by atoms with E-state index in [-0.39, 0.29) is 12.1 Å². The quantitative estimate of drug-likeness (QED) is 0.743. The summed E-state index contributed by atoms with van der Waals surface area (Å²) in [7, 11) is 1.29. The largest absolute Gasteiger partial charge is 0.477 e.